The summed E-state index contributed by atoms with van der Waals surface area (Å²) < 4.78 is 5.08. The van der Waals surface area contributed by atoms with E-state index in [-0.39, 0.29) is 23.7 Å². The molecule has 1 N–H and O–H groups in total. The molecule has 25 heavy (non-hydrogen) atoms. The molecule has 1 saturated heterocycles. The van der Waals surface area contributed by atoms with Gasteiger partial charge in [-0.3, -0.25) is 9.59 Å². The summed E-state index contributed by atoms with van der Waals surface area (Å²) in [5.74, 6) is 0.170. The third kappa shape index (κ3) is 3.17. The lowest BCUT2D eigenvalue weighted by Crippen LogP contribution is -2.60. The highest BCUT2D eigenvalue weighted by molar-refractivity contribution is 7.99. The Morgan fingerprint density at radius 1 is 1.40 bits per heavy atom. The standard InChI is InChI=1S/C17H26N4O3S/c1-12(25-3)16(23)20-8-5-17(6-9-20)15-13(18-11-19-15)4-7-21(17)14(22)10-24-2/h11-12H,4-10H2,1-3H3,(H,18,19)/t12-/m1/s1. The Morgan fingerprint density at radius 3 is 2.76 bits per heavy atom. The predicted molar refractivity (Wildman–Crippen MR) is 96.3 cm³/mol. The van der Waals surface area contributed by atoms with E-state index >= 15 is 0 Å². The Balaban J connectivity index is 1.85. The quantitative estimate of drug-likeness (QED) is 0.860. The molecule has 0 radical (unpaired) electrons. The number of carbonyl (C=O) groups is 2. The predicted octanol–water partition coefficient (Wildman–Crippen LogP) is 1.01. The Morgan fingerprint density at radius 2 is 2.12 bits per heavy atom. The Bertz CT molecular complexity index is 640. The first-order valence-electron chi connectivity index (χ1n) is 8.67. The number of aromatic amines is 1. The number of H-pyrrole nitrogens is 1. The summed E-state index contributed by atoms with van der Waals surface area (Å²) >= 11 is 1.57. The minimum Gasteiger partial charge on any atom is -0.375 e. The summed E-state index contributed by atoms with van der Waals surface area (Å²) in [6, 6.07) is 0. The Labute approximate surface area is 152 Å². The molecule has 7 nitrogen and oxygen atoms in total. The Kier molecular flexibility index (Phi) is 5.38. The zero-order chi connectivity index (χ0) is 18.0. The summed E-state index contributed by atoms with van der Waals surface area (Å²) in [5.41, 5.74) is 1.65. The zero-order valence-corrected chi connectivity index (χ0v) is 15.9. The molecule has 0 aromatic carbocycles. The monoisotopic (exact) mass is 366 g/mol. The normalized spacial score (nSPS) is 20.4. The highest BCUT2D eigenvalue weighted by atomic mass is 32.2. The number of nitrogens with one attached hydrogen (secondary N) is 1. The molecule has 8 heteroatoms. The average molecular weight is 366 g/mol. The number of fused-ring (bicyclic) bond motifs is 2. The first-order valence-corrected chi connectivity index (χ1v) is 9.96. The van der Waals surface area contributed by atoms with Crippen LogP contribution in [0.15, 0.2) is 6.33 Å². The first-order chi connectivity index (χ1) is 12.0. The number of carbonyl (C=O) groups excluding carboxylic acids is 2. The SMILES string of the molecule is COCC(=O)N1CCc2[nH]cnc2C12CCN(C(=O)[C@@H](C)SC)CC2. The largest absolute Gasteiger partial charge is 0.375 e. The van der Waals surface area contributed by atoms with Gasteiger partial charge in [-0.25, -0.2) is 4.98 Å². The molecule has 3 heterocycles. The first kappa shape index (κ1) is 18.3. The highest BCUT2D eigenvalue weighted by Gasteiger charge is 2.49. The molecule has 0 bridgehead atoms. The fourth-order valence-electron chi connectivity index (χ4n) is 4.00. The van der Waals surface area contributed by atoms with Crippen molar-refractivity contribution in [3.05, 3.63) is 17.7 Å². The molecule has 2 amide bonds. The van der Waals surface area contributed by atoms with Gasteiger partial charge in [-0.2, -0.15) is 11.8 Å². The van der Waals surface area contributed by atoms with Gasteiger partial charge in [0.05, 0.1) is 22.8 Å². The van der Waals surface area contributed by atoms with Gasteiger partial charge in [0.25, 0.3) is 0 Å². The van der Waals surface area contributed by atoms with Gasteiger partial charge in [0.1, 0.15) is 6.61 Å². The molecule has 3 rings (SSSR count). The Hall–Kier alpha value is -1.54. The lowest BCUT2D eigenvalue weighted by molar-refractivity contribution is -0.147. The van der Waals surface area contributed by atoms with Gasteiger partial charge in [0.2, 0.25) is 11.8 Å². The van der Waals surface area contributed by atoms with Crippen LogP contribution in [-0.4, -0.2) is 76.4 Å². The smallest absolute Gasteiger partial charge is 0.249 e. The molecule has 1 fully saturated rings. The van der Waals surface area contributed by atoms with Crippen molar-refractivity contribution >= 4 is 23.6 Å². The van der Waals surface area contributed by atoms with Crippen LogP contribution in [0.2, 0.25) is 0 Å². The van der Waals surface area contributed by atoms with Crippen molar-refractivity contribution in [2.45, 2.75) is 37.0 Å². The lowest BCUT2D eigenvalue weighted by Gasteiger charge is -2.50. The number of methoxy groups -OCH3 is 1. The van der Waals surface area contributed by atoms with Gasteiger partial charge in [0.15, 0.2) is 0 Å². The second kappa shape index (κ2) is 7.37. The summed E-state index contributed by atoms with van der Waals surface area (Å²) in [6.45, 7) is 3.97. The number of aromatic nitrogens is 2. The van der Waals surface area contributed by atoms with Crippen molar-refractivity contribution in [3.8, 4) is 0 Å². The van der Waals surface area contributed by atoms with Crippen LogP contribution >= 0.6 is 11.8 Å². The van der Waals surface area contributed by atoms with Crippen LogP contribution in [0.3, 0.4) is 0 Å². The molecule has 0 saturated carbocycles. The maximum Gasteiger partial charge on any atom is 0.249 e. The third-order valence-corrected chi connectivity index (χ3v) is 6.34. The molecule has 0 unspecified atom stereocenters. The van der Waals surface area contributed by atoms with Crippen molar-refractivity contribution in [3.63, 3.8) is 0 Å². The number of thioether (sulfide) groups is 1. The molecule has 2 aliphatic rings. The second-order valence-electron chi connectivity index (χ2n) is 6.69. The van der Waals surface area contributed by atoms with Crippen molar-refractivity contribution in [2.24, 2.45) is 0 Å². The minimum atomic E-state index is -0.428. The fraction of sp³-hybridized carbons (Fsp3) is 0.706. The second-order valence-corrected chi connectivity index (χ2v) is 7.87. The van der Waals surface area contributed by atoms with Crippen molar-refractivity contribution in [2.75, 3.05) is 39.6 Å². The molecule has 1 spiro atoms. The number of piperidine rings is 1. The van der Waals surface area contributed by atoms with Crippen molar-refractivity contribution in [1.29, 1.82) is 0 Å². The summed E-state index contributed by atoms with van der Waals surface area (Å²) in [5, 5.41) is -0.0347. The van der Waals surface area contributed by atoms with Gasteiger partial charge < -0.3 is 19.5 Å². The van der Waals surface area contributed by atoms with Crippen LogP contribution < -0.4 is 0 Å². The molecule has 2 aliphatic heterocycles. The fourth-order valence-corrected chi connectivity index (χ4v) is 4.36. The topological polar surface area (TPSA) is 78.5 Å². The summed E-state index contributed by atoms with van der Waals surface area (Å²) in [6.07, 6.45) is 5.87. The molecule has 1 aromatic heterocycles. The molecule has 1 aromatic rings. The third-order valence-electron chi connectivity index (χ3n) is 5.43. The zero-order valence-electron chi connectivity index (χ0n) is 15.1. The van der Waals surface area contributed by atoms with Gasteiger partial charge in [-0.05, 0) is 26.0 Å². The highest BCUT2D eigenvalue weighted by Crippen LogP contribution is 2.42. The van der Waals surface area contributed by atoms with E-state index < -0.39 is 5.54 Å². The number of ether oxygens (including phenoxy) is 1. The van der Waals surface area contributed by atoms with E-state index in [2.05, 4.69) is 9.97 Å². The van der Waals surface area contributed by atoms with Crippen LogP contribution in [0, 0.1) is 0 Å². The molecule has 1 atom stereocenters. The number of likely N-dealkylation sites (tertiary alicyclic amines) is 1. The number of hydrogen-bond donors (Lipinski definition) is 1. The van der Waals surface area contributed by atoms with E-state index in [1.54, 1.807) is 25.2 Å². The summed E-state index contributed by atoms with van der Waals surface area (Å²) in [4.78, 5) is 36.8. The van der Waals surface area contributed by atoms with Crippen LogP contribution in [0.4, 0.5) is 0 Å². The average Bonchev–Trinajstić information content (AvgIpc) is 3.11. The minimum absolute atomic E-state index is 0.00610. The van der Waals surface area contributed by atoms with Gasteiger partial charge in [-0.1, -0.05) is 0 Å². The van der Waals surface area contributed by atoms with Crippen LogP contribution in [0.25, 0.3) is 0 Å². The van der Waals surface area contributed by atoms with Crippen LogP contribution in [0.5, 0.6) is 0 Å². The van der Waals surface area contributed by atoms with Gasteiger partial charge >= 0.3 is 0 Å². The van der Waals surface area contributed by atoms with Crippen molar-refractivity contribution < 1.29 is 14.3 Å². The van der Waals surface area contributed by atoms with Gasteiger partial charge in [0, 0.05) is 38.9 Å². The number of amides is 2. The van der Waals surface area contributed by atoms with E-state index in [1.165, 1.54) is 0 Å². The molecular weight excluding hydrogens is 340 g/mol. The lowest BCUT2D eigenvalue weighted by atomic mass is 9.78. The molecule has 0 aliphatic carbocycles. The summed E-state index contributed by atoms with van der Waals surface area (Å²) in [7, 11) is 1.54. The molecule has 138 valence electrons. The van der Waals surface area contributed by atoms with E-state index in [9.17, 15) is 9.59 Å². The van der Waals surface area contributed by atoms with E-state index in [0.717, 1.165) is 17.8 Å². The van der Waals surface area contributed by atoms with E-state index in [1.807, 2.05) is 23.0 Å². The number of nitrogens with zero attached hydrogens (tertiary/aromatic N) is 3. The van der Waals surface area contributed by atoms with Crippen LogP contribution in [-0.2, 0) is 26.3 Å². The van der Waals surface area contributed by atoms with E-state index in [0.29, 0.717) is 32.5 Å². The maximum atomic E-state index is 12.7. The van der Waals surface area contributed by atoms with Gasteiger partial charge in [-0.15, -0.1) is 0 Å². The molecular formula is C17H26N4O3S. The van der Waals surface area contributed by atoms with E-state index in [4.69, 9.17) is 4.74 Å². The number of imidazole rings is 1. The van der Waals surface area contributed by atoms with Crippen LogP contribution in [0.1, 0.15) is 31.2 Å². The number of rotatable bonds is 4. The van der Waals surface area contributed by atoms with Crippen molar-refractivity contribution in [1.82, 2.24) is 19.8 Å². The maximum absolute atomic E-state index is 12.7. The number of hydrogen-bond acceptors (Lipinski definition) is 5.